The molecule has 4 aromatic carbocycles. The predicted octanol–water partition coefficient (Wildman–Crippen LogP) is 6.74. The molecule has 0 fully saturated rings. The highest BCUT2D eigenvalue weighted by atomic mass is 79.9. The molecule has 0 atom stereocenters. The lowest BCUT2D eigenvalue weighted by Crippen LogP contribution is -2.13. The second-order valence-corrected chi connectivity index (χ2v) is 8.39. The largest absolute Gasteiger partial charge is 0.493 e. The predicted molar refractivity (Wildman–Crippen MR) is 138 cm³/mol. The second-order valence-electron chi connectivity index (χ2n) is 7.48. The highest BCUT2D eigenvalue weighted by molar-refractivity contribution is 9.10. The monoisotopic (exact) mass is 512 g/mol. The van der Waals surface area contributed by atoms with E-state index in [1.165, 1.54) is 6.08 Å². The van der Waals surface area contributed by atoms with Gasteiger partial charge in [0, 0.05) is 15.5 Å². The Morgan fingerprint density at radius 2 is 1.76 bits per heavy atom. The molecule has 0 aliphatic heterocycles. The molecule has 0 bridgehead atoms. The summed E-state index contributed by atoms with van der Waals surface area (Å²) >= 11 is 3.42. The van der Waals surface area contributed by atoms with E-state index >= 15 is 0 Å². The van der Waals surface area contributed by atoms with Gasteiger partial charge in [-0.25, -0.2) is 0 Å². The summed E-state index contributed by atoms with van der Waals surface area (Å²) in [6, 6.07) is 28.5. The number of anilines is 1. The minimum atomic E-state index is -0.480. The number of nitrogens with one attached hydrogen (secondary N) is 1. The Kier molecular flexibility index (Phi) is 7.26. The maximum Gasteiger partial charge on any atom is 0.266 e. The van der Waals surface area contributed by atoms with E-state index in [-0.39, 0.29) is 5.57 Å². The van der Waals surface area contributed by atoms with Crippen molar-refractivity contribution < 1.29 is 14.3 Å². The summed E-state index contributed by atoms with van der Waals surface area (Å²) in [4.78, 5) is 12.9. The molecule has 0 aromatic heterocycles. The molecular weight excluding hydrogens is 492 g/mol. The van der Waals surface area contributed by atoms with Crippen LogP contribution in [0.1, 0.15) is 11.1 Å². The van der Waals surface area contributed by atoms with Crippen molar-refractivity contribution in [2.24, 2.45) is 0 Å². The van der Waals surface area contributed by atoms with Gasteiger partial charge in [0.25, 0.3) is 5.91 Å². The molecule has 0 saturated carbocycles. The topological polar surface area (TPSA) is 71.3 Å². The van der Waals surface area contributed by atoms with Crippen molar-refractivity contribution in [2.75, 3.05) is 12.4 Å². The summed E-state index contributed by atoms with van der Waals surface area (Å²) in [5.41, 5.74) is 2.28. The van der Waals surface area contributed by atoms with Crippen LogP contribution < -0.4 is 14.8 Å². The van der Waals surface area contributed by atoms with Gasteiger partial charge in [-0.15, -0.1) is 0 Å². The number of methoxy groups -OCH3 is 1. The van der Waals surface area contributed by atoms with Gasteiger partial charge >= 0.3 is 0 Å². The normalized spacial score (nSPS) is 11.0. The van der Waals surface area contributed by atoms with Gasteiger partial charge in [0.15, 0.2) is 11.5 Å². The Labute approximate surface area is 206 Å². The highest BCUT2D eigenvalue weighted by Gasteiger charge is 2.13. The fourth-order valence-electron chi connectivity index (χ4n) is 3.48. The maximum absolute atomic E-state index is 12.9. The molecule has 168 valence electrons. The summed E-state index contributed by atoms with van der Waals surface area (Å²) in [6.07, 6.45) is 1.53. The third-order valence-corrected chi connectivity index (χ3v) is 5.74. The van der Waals surface area contributed by atoms with E-state index in [0.717, 1.165) is 20.8 Å². The smallest absolute Gasteiger partial charge is 0.266 e. The SMILES string of the molecule is COc1ccc(/C=C(\C#N)C(=O)Nc2cccc3ccccc23)cc1OCc1ccc(Br)cc1. The van der Waals surface area contributed by atoms with Crippen molar-refractivity contribution in [2.45, 2.75) is 6.61 Å². The van der Waals surface area contributed by atoms with Gasteiger partial charge in [0.2, 0.25) is 0 Å². The van der Waals surface area contributed by atoms with Crippen molar-refractivity contribution in [1.29, 1.82) is 5.26 Å². The van der Waals surface area contributed by atoms with Crippen molar-refractivity contribution in [3.05, 3.63) is 106 Å². The van der Waals surface area contributed by atoms with Crippen LogP contribution in [0.15, 0.2) is 95.0 Å². The van der Waals surface area contributed by atoms with E-state index in [0.29, 0.717) is 29.4 Å². The van der Waals surface area contributed by atoms with Crippen molar-refractivity contribution >= 4 is 44.4 Å². The Morgan fingerprint density at radius 1 is 1.00 bits per heavy atom. The number of ether oxygens (including phenoxy) is 2. The summed E-state index contributed by atoms with van der Waals surface area (Å²) < 4.78 is 12.4. The van der Waals surface area contributed by atoms with Gasteiger partial charge in [-0.1, -0.05) is 70.5 Å². The zero-order chi connectivity index (χ0) is 23.9. The maximum atomic E-state index is 12.9. The first kappa shape index (κ1) is 23.1. The highest BCUT2D eigenvalue weighted by Crippen LogP contribution is 2.30. The van der Waals surface area contributed by atoms with E-state index in [1.54, 1.807) is 25.3 Å². The Bertz CT molecular complexity index is 1400. The number of carbonyl (C=O) groups excluding carboxylic acids is 1. The number of fused-ring (bicyclic) bond motifs is 1. The molecule has 1 N–H and O–H groups in total. The van der Waals surface area contributed by atoms with Crippen LogP contribution in [-0.4, -0.2) is 13.0 Å². The standard InChI is InChI=1S/C28H21BrN2O3/c1-33-26-14-11-20(16-27(26)34-18-19-9-12-23(29)13-10-19)15-22(17-30)28(32)31-25-8-4-6-21-5-2-3-7-24(21)25/h2-16H,18H2,1H3,(H,31,32)/b22-15+. The van der Waals surface area contributed by atoms with Crippen LogP contribution in [0.3, 0.4) is 0 Å². The van der Waals surface area contributed by atoms with Crippen LogP contribution in [-0.2, 0) is 11.4 Å². The van der Waals surface area contributed by atoms with Crippen LogP contribution >= 0.6 is 15.9 Å². The number of hydrogen-bond donors (Lipinski definition) is 1. The molecule has 5 nitrogen and oxygen atoms in total. The summed E-state index contributed by atoms with van der Waals surface area (Å²) in [7, 11) is 1.57. The van der Waals surface area contributed by atoms with Gasteiger partial charge in [-0.2, -0.15) is 5.26 Å². The Morgan fingerprint density at radius 3 is 2.53 bits per heavy atom. The molecule has 0 aliphatic rings. The molecule has 34 heavy (non-hydrogen) atoms. The van der Waals surface area contributed by atoms with Crippen molar-refractivity contribution in [3.63, 3.8) is 0 Å². The average Bonchev–Trinajstić information content (AvgIpc) is 2.87. The first-order valence-corrected chi connectivity index (χ1v) is 11.3. The molecule has 6 heteroatoms. The lowest BCUT2D eigenvalue weighted by Gasteiger charge is -2.12. The molecule has 0 spiro atoms. The minimum absolute atomic E-state index is 0.0167. The van der Waals surface area contributed by atoms with E-state index in [1.807, 2.05) is 72.8 Å². The van der Waals surface area contributed by atoms with E-state index < -0.39 is 5.91 Å². The summed E-state index contributed by atoms with van der Waals surface area (Å²) in [6.45, 7) is 0.351. The molecule has 0 unspecified atom stereocenters. The lowest BCUT2D eigenvalue weighted by molar-refractivity contribution is -0.112. The van der Waals surface area contributed by atoms with E-state index in [4.69, 9.17) is 9.47 Å². The number of hydrogen-bond acceptors (Lipinski definition) is 4. The number of amides is 1. The molecule has 1 amide bonds. The van der Waals surface area contributed by atoms with Gasteiger partial charge in [0.05, 0.1) is 7.11 Å². The Hall–Kier alpha value is -4.08. The van der Waals surface area contributed by atoms with Crippen LogP contribution in [0, 0.1) is 11.3 Å². The van der Waals surface area contributed by atoms with Gasteiger partial charge in [0.1, 0.15) is 18.2 Å². The fourth-order valence-corrected chi connectivity index (χ4v) is 3.74. The molecule has 0 aliphatic carbocycles. The van der Waals surface area contributed by atoms with Crippen LogP contribution in [0.4, 0.5) is 5.69 Å². The third-order valence-electron chi connectivity index (χ3n) is 5.21. The van der Waals surface area contributed by atoms with Crippen LogP contribution in [0.5, 0.6) is 11.5 Å². The van der Waals surface area contributed by atoms with Gasteiger partial charge in [-0.05, 0) is 52.9 Å². The van der Waals surface area contributed by atoms with Crippen molar-refractivity contribution in [3.8, 4) is 17.6 Å². The first-order valence-electron chi connectivity index (χ1n) is 10.5. The minimum Gasteiger partial charge on any atom is -0.493 e. The van der Waals surface area contributed by atoms with Gasteiger partial charge in [-0.3, -0.25) is 4.79 Å². The summed E-state index contributed by atoms with van der Waals surface area (Å²) in [5.74, 6) is 0.603. The number of rotatable bonds is 7. The average molecular weight is 513 g/mol. The van der Waals surface area contributed by atoms with Crippen molar-refractivity contribution in [1.82, 2.24) is 0 Å². The van der Waals surface area contributed by atoms with E-state index in [9.17, 15) is 10.1 Å². The zero-order valence-electron chi connectivity index (χ0n) is 18.4. The number of benzene rings is 4. The molecule has 4 rings (SSSR count). The number of nitrogens with zero attached hydrogens (tertiary/aromatic N) is 1. The number of halogens is 1. The first-order chi connectivity index (χ1) is 16.6. The molecule has 4 aromatic rings. The summed E-state index contributed by atoms with van der Waals surface area (Å²) in [5, 5.41) is 14.4. The lowest BCUT2D eigenvalue weighted by atomic mass is 10.1. The van der Waals surface area contributed by atoms with Gasteiger partial charge < -0.3 is 14.8 Å². The number of carbonyl (C=O) groups is 1. The number of nitriles is 1. The molecule has 0 heterocycles. The quantitative estimate of drug-likeness (QED) is 0.220. The van der Waals surface area contributed by atoms with Crippen LogP contribution in [0.25, 0.3) is 16.8 Å². The molecule has 0 saturated heterocycles. The molecular formula is C28H21BrN2O3. The fraction of sp³-hybridized carbons (Fsp3) is 0.0714. The zero-order valence-corrected chi connectivity index (χ0v) is 20.0. The molecule has 0 radical (unpaired) electrons. The van der Waals surface area contributed by atoms with E-state index in [2.05, 4.69) is 21.2 Å². The Balaban J connectivity index is 1.56. The third kappa shape index (κ3) is 5.45. The van der Waals surface area contributed by atoms with Crippen LogP contribution in [0.2, 0.25) is 0 Å². The second kappa shape index (κ2) is 10.7.